The lowest BCUT2D eigenvalue weighted by molar-refractivity contribution is -0.144. The predicted octanol–water partition coefficient (Wildman–Crippen LogP) is 0.732. The summed E-state index contributed by atoms with van der Waals surface area (Å²) in [5.74, 6) is -0.279. The number of nitrogens with one attached hydrogen (secondary N) is 1. The number of carbonyl (C=O) groups excluding carboxylic acids is 2. The van der Waals surface area contributed by atoms with E-state index < -0.39 is 12.1 Å². The number of benzene rings is 1. The predicted molar refractivity (Wildman–Crippen MR) is 76.9 cm³/mol. The molecule has 5 heteroatoms. The van der Waals surface area contributed by atoms with Gasteiger partial charge in [0, 0.05) is 13.1 Å². The second kappa shape index (κ2) is 6.05. The van der Waals surface area contributed by atoms with E-state index in [0.29, 0.717) is 19.5 Å². The zero-order chi connectivity index (χ0) is 14.7. The van der Waals surface area contributed by atoms with E-state index in [1.165, 1.54) is 0 Å². The van der Waals surface area contributed by atoms with Crippen molar-refractivity contribution in [1.29, 1.82) is 0 Å². The molecule has 2 rings (SSSR count). The van der Waals surface area contributed by atoms with Crippen LogP contribution >= 0.6 is 0 Å². The first-order valence-corrected chi connectivity index (χ1v) is 6.95. The van der Waals surface area contributed by atoms with Gasteiger partial charge >= 0.3 is 0 Å². The molecule has 2 amide bonds. The summed E-state index contributed by atoms with van der Waals surface area (Å²) in [6.45, 7) is 4.89. The van der Waals surface area contributed by atoms with Crippen LogP contribution in [0.5, 0.6) is 0 Å². The highest BCUT2D eigenvalue weighted by Crippen LogP contribution is 2.18. The third-order valence-electron chi connectivity index (χ3n) is 3.70. The van der Waals surface area contributed by atoms with Gasteiger partial charge in [-0.25, -0.2) is 0 Å². The van der Waals surface area contributed by atoms with Gasteiger partial charge in [0.1, 0.15) is 12.1 Å². The Morgan fingerprint density at radius 2 is 2.10 bits per heavy atom. The van der Waals surface area contributed by atoms with E-state index in [1.54, 1.807) is 4.90 Å². The Labute approximate surface area is 119 Å². The maximum atomic E-state index is 12.5. The molecule has 1 heterocycles. The lowest BCUT2D eigenvalue weighted by atomic mass is 10.0. The van der Waals surface area contributed by atoms with Crippen LogP contribution in [0, 0.1) is 6.92 Å². The molecular formula is C15H21N3O2. The number of rotatable bonds is 3. The highest BCUT2D eigenvalue weighted by molar-refractivity contribution is 5.91. The van der Waals surface area contributed by atoms with Crippen molar-refractivity contribution >= 4 is 11.8 Å². The Morgan fingerprint density at radius 3 is 2.70 bits per heavy atom. The summed E-state index contributed by atoms with van der Waals surface area (Å²) in [6.07, 6.45) is 0.595. The lowest BCUT2D eigenvalue weighted by Gasteiger charge is -2.36. The van der Waals surface area contributed by atoms with Gasteiger partial charge in [-0.15, -0.1) is 0 Å². The van der Waals surface area contributed by atoms with Gasteiger partial charge in [-0.1, -0.05) is 36.8 Å². The van der Waals surface area contributed by atoms with Crippen LogP contribution in [0.1, 0.15) is 30.5 Å². The SMILES string of the molecule is CCC1C(=O)NCCN1C(=O)C(N)c1ccc(C)cc1. The molecule has 0 aromatic heterocycles. The molecule has 3 N–H and O–H groups in total. The van der Waals surface area contributed by atoms with Gasteiger partial charge in [-0.05, 0) is 18.9 Å². The van der Waals surface area contributed by atoms with Crippen molar-refractivity contribution < 1.29 is 9.59 Å². The van der Waals surface area contributed by atoms with Crippen molar-refractivity contribution in [2.24, 2.45) is 5.73 Å². The van der Waals surface area contributed by atoms with Crippen molar-refractivity contribution in [3.05, 3.63) is 35.4 Å². The summed E-state index contributed by atoms with van der Waals surface area (Å²) in [7, 11) is 0. The van der Waals surface area contributed by atoms with E-state index in [-0.39, 0.29) is 11.8 Å². The van der Waals surface area contributed by atoms with Crippen molar-refractivity contribution in [3.63, 3.8) is 0 Å². The molecule has 1 fully saturated rings. The first-order valence-electron chi connectivity index (χ1n) is 6.95. The highest BCUT2D eigenvalue weighted by Gasteiger charge is 2.34. The van der Waals surface area contributed by atoms with Gasteiger partial charge in [0.15, 0.2) is 0 Å². The monoisotopic (exact) mass is 275 g/mol. The van der Waals surface area contributed by atoms with Crippen LogP contribution < -0.4 is 11.1 Å². The largest absolute Gasteiger partial charge is 0.353 e. The molecule has 2 atom stereocenters. The van der Waals surface area contributed by atoms with Crippen LogP contribution in [0.2, 0.25) is 0 Å². The van der Waals surface area contributed by atoms with E-state index >= 15 is 0 Å². The number of piperazine rings is 1. The molecular weight excluding hydrogens is 254 g/mol. The van der Waals surface area contributed by atoms with Gasteiger partial charge in [-0.2, -0.15) is 0 Å². The van der Waals surface area contributed by atoms with Crippen LogP contribution in [0.25, 0.3) is 0 Å². The average Bonchev–Trinajstić information content (AvgIpc) is 2.46. The molecule has 1 aliphatic heterocycles. The number of carbonyl (C=O) groups is 2. The molecule has 0 radical (unpaired) electrons. The third kappa shape index (κ3) is 2.82. The van der Waals surface area contributed by atoms with Crippen molar-refractivity contribution in [1.82, 2.24) is 10.2 Å². The molecule has 108 valence electrons. The molecule has 5 nitrogen and oxygen atoms in total. The van der Waals surface area contributed by atoms with Crippen LogP contribution in [0.3, 0.4) is 0 Å². The summed E-state index contributed by atoms with van der Waals surface area (Å²) >= 11 is 0. The second-order valence-corrected chi connectivity index (χ2v) is 5.14. The Balaban J connectivity index is 2.16. The summed E-state index contributed by atoms with van der Waals surface area (Å²) < 4.78 is 0. The van der Waals surface area contributed by atoms with Crippen molar-refractivity contribution in [3.8, 4) is 0 Å². The number of nitrogens with two attached hydrogens (primary N) is 1. The van der Waals surface area contributed by atoms with Gasteiger partial charge in [-0.3, -0.25) is 9.59 Å². The lowest BCUT2D eigenvalue weighted by Crippen LogP contribution is -2.58. The molecule has 1 aromatic rings. The molecule has 1 aliphatic rings. The molecule has 2 unspecified atom stereocenters. The summed E-state index contributed by atoms with van der Waals surface area (Å²) in [4.78, 5) is 25.9. The van der Waals surface area contributed by atoms with Crippen molar-refractivity contribution in [2.75, 3.05) is 13.1 Å². The van der Waals surface area contributed by atoms with Gasteiger partial charge in [0.25, 0.3) is 0 Å². The second-order valence-electron chi connectivity index (χ2n) is 5.14. The fourth-order valence-electron chi connectivity index (χ4n) is 2.48. The minimum atomic E-state index is -0.712. The first-order chi connectivity index (χ1) is 9.54. The Bertz CT molecular complexity index is 498. The molecule has 20 heavy (non-hydrogen) atoms. The normalized spacial score (nSPS) is 20.4. The van der Waals surface area contributed by atoms with E-state index in [2.05, 4.69) is 5.32 Å². The number of hydrogen-bond donors (Lipinski definition) is 2. The number of aryl methyl sites for hydroxylation is 1. The summed E-state index contributed by atoms with van der Waals surface area (Å²) in [5.41, 5.74) is 7.96. The van der Waals surface area contributed by atoms with E-state index in [4.69, 9.17) is 5.73 Å². The highest BCUT2D eigenvalue weighted by atomic mass is 16.2. The van der Waals surface area contributed by atoms with E-state index in [1.807, 2.05) is 38.1 Å². The van der Waals surface area contributed by atoms with Crippen molar-refractivity contribution in [2.45, 2.75) is 32.4 Å². The quantitative estimate of drug-likeness (QED) is 0.854. The summed E-state index contributed by atoms with van der Waals surface area (Å²) in [6, 6.07) is 6.47. The summed E-state index contributed by atoms with van der Waals surface area (Å²) in [5, 5.41) is 2.78. The first kappa shape index (κ1) is 14.5. The molecule has 0 bridgehead atoms. The van der Waals surface area contributed by atoms with Crippen LogP contribution in [0.4, 0.5) is 0 Å². The molecule has 1 saturated heterocycles. The zero-order valence-electron chi connectivity index (χ0n) is 11.9. The zero-order valence-corrected chi connectivity index (χ0v) is 11.9. The number of nitrogens with zero attached hydrogens (tertiary/aromatic N) is 1. The van der Waals surface area contributed by atoms with E-state index in [9.17, 15) is 9.59 Å². The minimum absolute atomic E-state index is 0.0943. The Kier molecular flexibility index (Phi) is 4.39. The minimum Gasteiger partial charge on any atom is -0.353 e. The molecule has 0 aliphatic carbocycles. The Morgan fingerprint density at radius 1 is 1.45 bits per heavy atom. The van der Waals surface area contributed by atoms with Crippen LogP contribution in [-0.4, -0.2) is 35.8 Å². The Hall–Kier alpha value is -1.88. The standard InChI is InChI=1S/C15H21N3O2/c1-3-12-14(19)17-8-9-18(12)15(20)13(16)11-6-4-10(2)5-7-11/h4-7,12-13H,3,8-9,16H2,1-2H3,(H,17,19). The van der Waals surface area contributed by atoms with Crippen LogP contribution in [-0.2, 0) is 9.59 Å². The molecule has 0 saturated carbocycles. The fraction of sp³-hybridized carbons (Fsp3) is 0.467. The topological polar surface area (TPSA) is 75.4 Å². The van der Waals surface area contributed by atoms with Gasteiger partial charge in [0.05, 0.1) is 0 Å². The maximum absolute atomic E-state index is 12.5. The van der Waals surface area contributed by atoms with Crippen LogP contribution in [0.15, 0.2) is 24.3 Å². The van der Waals surface area contributed by atoms with E-state index in [0.717, 1.165) is 11.1 Å². The average molecular weight is 275 g/mol. The number of amides is 2. The number of hydrogen-bond acceptors (Lipinski definition) is 3. The maximum Gasteiger partial charge on any atom is 0.244 e. The third-order valence-corrected chi connectivity index (χ3v) is 3.70. The fourth-order valence-corrected chi connectivity index (χ4v) is 2.48. The molecule has 1 aromatic carbocycles. The van der Waals surface area contributed by atoms with Gasteiger partial charge in [0.2, 0.25) is 11.8 Å². The van der Waals surface area contributed by atoms with Gasteiger partial charge < -0.3 is 16.0 Å². The molecule has 0 spiro atoms. The smallest absolute Gasteiger partial charge is 0.244 e.